The van der Waals surface area contributed by atoms with Crippen molar-refractivity contribution in [3.8, 4) is 0 Å². The molecule has 2 aromatic rings. The molecule has 1 saturated heterocycles. The molecule has 3 rings (SSSR count). The largest absolute Gasteiger partial charge is 0.368 e. The summed E-state index contributed by atoms with van der Waals surface area (Å²) in [5, 5.41) is 1.17. The zero-order valence-corrected chi connectivity index (χ0v) is 15.7. The predicted molar refractivity (Wildman–Crippen MR) is 98.9 cm³/mol. The van der Waals surface area contributed by atoms with E-state index >= 15 is 0 Å². The maximum atomic E-state index is 12.8. The van der Waals surface area contributed by atoms with Gasteiger partial charge in [-0.2, -0.15) is 4.31 Å². The minimum atomic E-state index is -3.67. The Hall–Kier alpha value is -0.980. The standard InChI is InChI=1S/C16H15Cl3N2O2S/c17-12-5-6-14(19)16(11-12)24(22,23)21-9-7-20(8-10-21)15-4-2-1-3-13(15)18/h1-6,11H,7-10H2. The summed E-state index contributed by atoms with van der Waals surface area (Å²) >= 11 is 18.2. The molecule has 128 valence electrons. The molecule has 0 N–H and O–H groups in total. The van der Waals surface area contributed by atoms with Crippen LogP contribution in [0.2, 0.25) is 15.1 Å². The van der Waals surface area contributed by atoms with E-state index in [4.69, 9.17) is 34.8 Å². The van der Waals surface area contributed by atoms with Crippen LogP contribution < -0.4 is 4.90 Å². The predicted octanol–water partition coefficient (Wildman–Crippen LogP) is 4.16. The number of sulfonamides is 1. The fourth-order valence-corrected chi connectivity index (χ4v) is 5.11. The Kier molecular flexibility index (Phi) is 5.27. The smallest absolute Gasteiger partial charge is 0.244 e. The highest BCUT2D eigenvalue weighted by atomic mass is 35.5. The van der Waals surface area contributed by atoms with Crippen LogP contribution in [0.25, 0.3) is 0 Å². The van der Waals surface area contributed by atoms with E-state index in [-0.39, 0.29) is 9.92 Å². The number of hydrogen-bond acceptors (Lipinski definition) is 3. The van der Waals surface area contributed by atoms with Crippen molar-refractivity contribution in [2.75, 3.05) is 31.1 Å². The van der Waals surface area contributed by atoms with E-state index in [2.05, 4.69) is 4.90 Å². The number of anilines is 1. The number of rotatable bonds is 3. The number of benzene rings is 2. The molecule has 0 bridgehead atoms. The topological polar surface area (TPSA) is 40.6 Å². The third-order valence-corrected chi connectivity index (χ3v) is 6.88. The molecule has 2 aromatic carbocycles. The molecule has 8 heteroatoms. The zero-order chi connectivity index (χ0) is 17.3. The SMILES string of the molecule is O=S(=O)(c1cc(Cl)ccc1Cl)N1CCN(c2ccccc2Cl)CC1. The lowest BCUT2D eigenvalue weighted by atomic mass is 10.2. The summed E-state index contributed by atoms with van der Waals surface area (Å²) in [6.45, 7) is 1.83. The van der Waals surface area contributed by atoms with Gasteiger partial charge in [0, 0.05) is 31.2 Å². The van der Waals surface area contributed by atoms with Crippen molar-refractivity contribution in [2.24, 2.45) is 0 Å². The Bertz CT molecular complexity index is 850. The van der Waals surface area contributed by atoms with E-state index in [1.165, 1.54) is 16.4 Å². The lowest BCUT2D eigenvalue weighted by Gasteiger charge is -2.35. The minimum Gasteiger partial charge on any atom is -0.368 e. The fraction of sp³-hybridized carbons (Fsp3) is 0.250. The molecule has 24 heavy (non-hydrogen) atoms. The molecule has 1 heterocycles. The molecule has 1 aliphatic heterocycles. The highest BCUT2D eigenvalue weighted by Gasteiger charge is 2.30. The van der Waals surface area contributed by atoms with Gasteiger partial charge in [0.05, 0.1) is 15.7 Å². The van der Waals surface area contributed by atoms with Gasteiger partial charge in [-0.15, -0.1) is 0 Å². The summed E-state index contributed by atoms with van der Waals surface area (Å²) in [6.07, 6.45) is 0. The van der Waals surface area contributed by atoms with Crippen LogP contribution >= 0.6 is 34.8 Å². The molecular formula is C16H15Cl3N2O2S. The average Bonchev–Trinajstić information content (AvgIpc) is 2.57. The number of halogens is 3. The first-order chi connectivity index (χ1) is 11.4. The summed E-state index contributed by atoms with van der Waals surface area (Å²) in [5.41, 5.74) is 0.914. The van der Waals surface area contributed by atoms with Gasteiger partial charge in [-0.1, -0.05) is 46.9 Å². The average molecular weight is 406 g/mol. The van der Waals surface area contributed by atoms with Crippen LogP contribution in [0.1, 0.15) is 0 Å². The summed E-state index contributed by atoms with van der Waals surface area (Å²) in [5.74, 6) is 0. The van der Waals surface area contributed by atoms with E-state index in [1.807, 2.05) is 24.3 Å². The summed E-state index contributed by atoms with van der Waals surface area (Å²) in [4.78, 5) is 2.12. The van der Waals surface area contributed by atoms with E-state index in [1.54, 1.807) is 6.07 Å². The molecule has 0 saturated carbocycles. The van der Waals surface area contributed by atoms with E-state index < -0.39 is 10.0 Å². The van der Waals surface area contributed by atoms with Crippen LogP contribution in [-0.2, 0) is 10.0 Å². The first kappa shape index (κ1) is 17.8. The lowest BCUT2D eigenvalue weighted by Crippen LogP contribution is -2.48. The van der Waals surface area contributed by atoms with Crippen molar-refractivity contribution in [1.29, 1.82) is 0 Å². The second kappa shape index (κ2) is 7.10. The van der Waals surface area contributed by atoms with Gasteiger partial charge in [-0.25, -0.2) is 8.42 Å². The summed E-state index contributed by atoms with van der Waals surface area (Å²) in [6, 6.07) is 12.0. The molecule has 0 atom stereocenters. The quantitative estimate of drug-likeness (QED) is 0.770. The van der Waals surface area contributed by atoms with Crippen molar-refractivity contribution < 1.29 is 8.42 Å². The summed E-state index contributed by atoms with van der Waals surface area (Å²) in [7, 11) is -3.67. The zero-order valence-electron chi connectivity index (χ0n) is 12.6. The van der Waals surface area contributed by atoms with Crippen LogP contribution in [0.5, 0.6) is 0 Å². The number of nitrogens with zero attached hydrogens (tertiary/aromatic N) is 2. The first-order valence-electron chi connectivity index (χ1n) is 7.34. The minimum absolute atomic E-state index is 0.0443. The van der Waals surface area contributed by atoms with Gasteiger partial charge in [0.1, 0.15) is 4.90 Å². The van der Waals surface area contributed by atoms with Gasteiger partial charge in [-0.3, -0.25) is 0 Å². The van der Waals surface area contributed by atoms with Crippen molar-refractivity contribution in [3.05, 3.63) is 57.5 Å². The molecule has 4 nitrogen and oxygen atoms in total. The van der Waals surface area contributed by atoms with Gasteiger partial charge in [0.25, 0.3) is 0 Å². The van der Waals surface area contributed by atoms with Crippen LogP contribution in [-0.4, -0.2) is 38.9 Å². The highest BCUT2D eigenvalue weighted by Crippen LogP contribution is 2.30. The van der Waals surface area contributed by atoms with E-state index in [0.29, 0.717) is 36.2 Å². The maximum Gasteiger partial charge on any atom is 0.244 e. The maximum absolute atomic E-state index is 12.8. The molecule has 1 fully saturated rings. The molecular weight excluding hydrogens is 391 g/mol. The van der Waals surface area contributed by atoms with Gasteiger partial charge in [0.15, 0.2) is 0 Å². The first-order valence-corrected chi connectivity index (χ1v) is 9.91. The Morgan fingerprint density at radius 2 is 1.50 bits per heavy atom. The Morgan fingerprint density at radius 3 is 2.17 bits per heavy atom. The third kappa shape index (κ3) is 3.51. The van der Waals surface area contributed by atoms with Crippen molar-refractivity contribution in [3.63, 3.8) is 0 Å². The van der Waals surface area contributed by atoms with Crippen molar-refractivity contribution >= 4 is 50.5 Å². The van der Waals surface area contributed by atoms with Crippen LogP contribution in [0, 0.1) is 0 Å². The lowest BCUT2D eigenvalue weighted by molar-refractivity contribution is 0.385. The van der Waals surface area contributed by atoms with Crippen molar-refractivity contribution in [2.45, 2.75) is 4.90 Å². The third-order valence-electron chi connectivity index (χ3n) is 3.94. The number of piperazine rings is 1. The van der Waals surface area contributed by atoms with Gasteiger partial charge >= 0.3 is 0 Å². The van der Waals surface area contributed by atoms with Gasteiger partial charge in [-0.05, 0) is 30.3 Å². The highest BCUT2D eigenvalue weighted by molar-refractivity contribution is 7.89. The van der Waals surface area contributed by atoms with E-state index in [9.17, 15) is 8.42 Å². The monoisotopic (exact) mass is 404 g/mol. The molecule has 0 aliphatic carbocycles. The normalized spacial score (nSPS) is 16.4. The Morgan fingerprint density at radius 1 is 0.833 bits per heavy atom. The molecule has 0 aromatic heterocycles. The van der Waals surface area contributed by atoms with Gasteiger partial charge in [0.2, 0.25) is 10.0 Å². The fourth-order valence-electron chi connectivity index (χ4n) is 2.69. The molecule has 0 spiro atoms. The van der Waals surface area contributed by atoms with Crippen LogP contribution in [0.15, 0.2) is 47.4 Å². The Labute approximate surface area is 156 Å². The van der Waals surface area contributed by atoms with E-state index in [0.717, 1.165) is 5.69 Å². The molecule has 0 amide bonds. The second-order valence-corrected chi connectivity index (χ2v) is 8.57. The van der Waals surface area contributed by atoms with Crippen LogP contribution in [0.3, 0.4) is 0 Å². The number of hydrogen-bond donors (Lipinski definition) is 0. The van der Waals surface area contributed by atoms with Gasteiger partial charge < -0.3 is 4.90 Å². The van der Waals surface area contributed by atoms with Crippen LogP contribution in [0.4, 0.5) is 5.69 Å². The second-order valence-electron chi connectivity index (χ2n) is 5.42. The molecule has 0 radical (unpaired) electrons. The Balaban J connectivity index is 1.79. The summed E-state index contributed by atoms with van der Waals surface area (Å²) < 4.78 is 27.0. The molecule has 0 unspecified atom stereocenters. The van der Waals surface area contributed by atoms with Crippen molar-refractivity contribution in [1.82, 2.24) is 4.31 Å². The number of para-hydroxylation sites is 1. The molecule has 1 aliphatic rings.